The van der Waals surface area contributed by atoms with Gasteiger partial charge in [0, 0.05) is 12.1 Å². The molecule has 0 aromatic heterocycles. The molecule has 21 heavy (non-hydrogen) atoms. The third-order valence-electron chi connectivity index (χ3n) is 2.47. The Morgan fingerprint density at radius 3 is 1.76 bits per heavy atom. The van der Waals surface area contributed by atoms with Gasteiger partial charge in [0.1, 0.15) is 12.1 Å². The van der Waals surface area contributed by atoms with Crippen molar-refractivity contribution in [2.75, 3.05) is 13.1 Å². The van der Waals surface area contributed by atoms with Crippen LogP contribution in [0.5, 0.6) is 0 Å². The van der Waals surface area contributed by atoms with Crippen LogP contribution in [-0.2, 0) is 9.53 Å². The SMILES string of the molecule is CC(C)(C)OC(=O)NCC(=O)O.CCN(C(C)C)C(C)C. The van der Waals surface area contributed by atoms with E-state index in [-0.39, 0.29) is 0 Å². The van der Waals surface area contributed by atoms with E-state index in [1.807, 2.05) is 0 Å². The Morgan fingerprint density at radius 2 is 1.57 bits per heavy atom. The molecule has 0 aliphatic rings. The first-order chi connectivity index (χ1) is 9.40. The van der Waals surface area contributed by atoms with Gasteiger partial charge in [0.25, 0.3) is 0 Å². The average Bonchev–Trinajstić information content (AvgIpc) is 2.24. The van der Waals surface area contributed by atoms with Crippen molar-refractivity contribution in [1.82, 2.24) is 10.2 Å². The number of carbonyl (C=O) groups is 2. The molecule has 0 spiro atoms. The Balaban J connectivity index is 0. The van der Waals surface area contributed by atoms with Crippen molar-refractivity contribution in [3.05, 3.63) is 0 Å². The lowest BCUT2D eigenvalue weighted by Crippen LogP contribution is -2.36. The van der Waals surface area contributed by atoms with Crippen molar-refractivity contribution >= 4 is 12.1 Å². The monoisotopic (exact) mass is 304 g/mol. The molecule has 6 heteroatoms. The highest BCUT2D eigenvalue weighted by atomic mass is 16.6. The van der Waals surface area contributed by atoms with Gasteiger partial charge in [0.2, 0.25) is 0 Å². The van der Waals surface area contributed by atoms with E-state index in [9.17, 15) is 9.59 Å². The lowest BCUT2D eigenvalue weighted by molar-refractivity contribution is -0.136. The molecule has 0 fully saturated rings. The highest BCUT2D eigenvalue weighted by Crippen LogP contribution is 2.06. The van der Waals surface area contributed by atoms with Gasteiger partial charge in [-0.3, -0.25) is 9.69 Å². The molecule has 0 saturated carbocycles. The quantitative estimate of drug-likeness (QED) is 0.816. The fourth-order valence-electron chi connectivity index (χ4n) is 1.79. The van der Waals surface area contributed by atoms with E-state index in [1.54, 1.807) is 20.8 Å². The van der Waals surface area contributed by atoms with Crippen LogP contribution < -0.4 is 5.32 Å². The van der Waals surface area contributed by atoms with E-state index < -0.39 is 24.2 Å². The molecule has 0 saturated heterocycles. The Labute approximate surface area is 128 Å². The number of alkyl carbamates (subject to hydrolysis) is 1. The second-order valence-electron chi connectivity index (χ2n) is 6.27. The largest absolute Gasteiger partial charge is 0.480 e. The number of aliphatic carboxylic acids is 1. The third-order valence-corrected chi connectivity index (χ3v) is 2.47. The molecule has 0 radical (unpaired) electrons. The van der Waals surface area contributed by atoms with Gasteiger partial charge in [0.05, 0.1) is 0 Å². The van der Waals surface area contributed by atoms with E-state index in [0.717, 1.165) is 6.54 Å². The number of carboxylic acids is 1. The van der Waals surface area contributed by atoms with Gasteiger partial charge < -0.3 is 15.2 Å². The molecular formula is C15H32N2O4. The molecule has 0 heterocycles. The van der Waals surface area contributed by atoms with Crippen LogP contribution in [0.4, 0.5) is 4.79 Å². The molecule has 0 aromatic rings. The van der Waals surface area contributed by atoms with Crippen molar-refractivity contribution in [1.29, 1.82) is 0 Å². The second-order valence-corrected chi connectivity index (χ2v) is 6.27. The maximum Gasteiger partial charge on any atom is 0.408 e. The minimum atomic E-state index is -1.10. The summed E-state index contributed by atoms with van der Waals surface area (Å²) < 4.78 is 4.77. The maximum atomic E-state index is 10.8. The number of rotatable bonds is 5. The molecular weight excluding hydrogens is 272 g/mol. The van der Waals surface area contributed by atoms with Gasteiger partial charge in [-0.25, -0.2) is 4.79 Å². The van der Waals surface area contributed by atoms with Crippen molar-refractivity contribution in [3.8, 4) is 0 Å². The number of nitrogens with zero attached hydrogens (tertiary/aromatic N) is 1. The zero-order valence-corrected chi connectivity index (χ0v) is 14.7. The minimum absolute atomic E-state index is 0.422. The first-order valence-corrected chi connectivity index (χ1v) is 7.35. The first-order valence-electron chi connectivity index (χ1n) is 7.35. The van der Waals surface area contributed by atoms with Crippen LogP contribution in [0, 0.1) is 0 Å². The predicted molar refractivity (Wildman–Crippen MR) is 84.5 cm³/mol. The summed E-state index contributed by atoms with van der Waals surface area (Å²) >= 11 is 0. The lowest BCUT2D eigenvalue weighted by Gasteiger charge is -2.28. The molecule has 2 N–H and O–H groups in total. The topological polar surface area (TPSA) is 78.9 Å². The van der Waals surface area contributed by atoms with Gasteiger partial charge in [-0.1, -0.05) is 6.92 Å². The smallest absolute Gasteiger partial charge is 0.408 e. The Bertz CT molecular complexity index is 301. The number of carboxylic acid groups (broad SMARTS) is 1. The summed E-state index contributed by atoms with van der Waals surface area (Å²) in [5.41, 5.74) is -0.595. The Hall–Kier alpha value is -1.30. The first kappa shape index (κ1) is 22.0. The summed E-state index contributed by atoms with van der Waals surface area (Å²) in [4.78, 5) is 23.2. The van der Waals surface area contributed by atoms with Crippen molar-refractivity contribution in [2.45, 2.75) is 73.1 Å². The standard InChI is InChI=1S/C8H19N.C7H13NO4/c1-6-9(7(2)3)8(4)5;1-7(2,3)12-6(11)8-4-5(9)10/h7-8H,6H2,1-5H3;4H2,1-3H3,(H,8,11)(H,9,10). The van der Waals surface area contributed by atoms with Crippen LogP contribution in [0.25, 0.3) is 0 Å². The molecule has 126 valence electrons. The van der Waals surface area contributed by atoms with Crippen molar-refractivity contribution in [3.63, 3.8) is 0 Å². The van der Waals surface area contributed by atoms with Crippen LogP contribution in [-0.4, -0.2) is 52.8 Å². The molecule has 0 unspecified atom stereocenters. The number of nitrogens with one attached hydrogen (secondary N) is 1. The summed E-state index contributed by atoms with van der Waals surface area (Å²) in [5.74, 6) is -1.10. The van der Waals surface area contributed by atoms with E-state index >= 15 is 0 Å². The summed E-state index contributed by atoms with van der Waals surface area (Å²) in [7, 11) is 0. The van der Waals surface area contributed by atoms with Crippen LogP contribution >= 0.6 is 0 Å². The summed E-state index contributed by atoms with van der Waals surface area (Å²) in [6, 6.07) is 1.38. The number of hydrogen-bond acceptors (Lipinski definition) is 4. The normalized spacial score (nSPS) is 11.2. The number of hydrogen-bond donors (Lipinski definition) is 2. The van der Waals surface area contributed by atoms with Crippen LogP contribution in [0.15, 0.2) is 0 Å². The molecule has 0 aliphatic carbocycles. The van der Waals surface area contributed by atoms with E-state index in [4.69, 9.17) is 9.84 Å². The van der Waals surface area contributed by atoms with Crippen molar-refractivity contribution < 1.29 is 19.4 Å². The summed E-state index contributed by atoms with van der Waals surface area (Å²) in [5, 5.41) is 10.3. The van der Waals surface area contributed by atoms with Gasteiger partial charge in [0.15, 0.2) is 0 Å². The second kappa shape index (κ2) is 10.4. The molecule has 1 amide bonds. The van der Waals surface area contributed by atoms with E-state index in [0.29, 0.717) is 12.1 Å². The van der Waals surface area contributed by atoms with Crippen LogP contribution in [0.1, 0.15) is 55.4 Å². The molecule has 6 nitrogen and oxygen atoms in total. The van der Waals surface area contributed by atoms with E-state index in [1.165, 1.54) is 0 Å². The van der Waals surface area contributed by atoms with Gasteiger partial charge >= 0.3 is 12.1 Å². The summed E-state index contributed by atoms with van der Waals surface area (Å²) in [6.07, 6.45) is -0.718. The predicted octanol–water partition coefficient (Wildman–Crippen LogP) is 2.72. The van der Waals surface area contributed by atoms with E-state index in [2.05, 4.69) is 44.8 Å². The number of amides is 1. The molecule has 0 atom stereocenters. The van der Waals surface area contributed by atoms with Crippen LogP contribution in [0.3, 0.4) is 0 Å². The summed E-state index contributed by atoms with van der Waals surface area (Å²) in [6.45, 7) is 17.0. The Kier molecular flexibility index (Phi) is 10.9. The Morgan fingerprint density at radius 1 is 1.14 bits per heavy atom. The minimum Gasteiger partial charge on any atom is -0.480 e. The molecule has 0 bridgehead atoms. The number of ether oxygens (including phenoxy) is 1. The highest BCUT2D eigenvalue weighted by Gasteiger charge is 2.16. The number of carbonyl (C=O) groups excluding carboxylic acids is 1. The third kappa shape index (κ3) is 14.9. The fraction of sp³-hybridized carbons (Fsp3) is 0.867. The average molecular weight is 304 g/mol. The lowest BCUT2D eigenvalue weighted by atomic mass is 10.2. The maximum absolute atomic E-state index is 10.8. The van der Waals surface area contributed by atoms with Gasteiger partial charge in [-0.05, 0) is 55.0 Å². The fourth-order valence-corrected chi connectivity index (χ4v) is 1.79. The van der Waals surface area contributed by atoms with Gasteiger partial charge in [-0.15, -0.1) is 0 Å². The van der Waals surface area contributed by atoms with Gasteiger partial charge in [-0.2, -0.15) is 0 Å². The molecule has 0 aromatic carbocycles. The van der Waals surface area contributed by atoms with Crippen LogP contribution in [0.2, 0.25) is 0 Å². The zero-order valence-electron chi connectivity index (χ0n) is 14.7. The molecule has 0 aliphatic heterocycles. The highest BCUT2D eigenvalue weighted by molar-refractivity contribution is 5.76. The molecule has 0 rings (SSSR count). The van der Waals surface area contributed by atoms with Crippen molar-refractivity contribution in [2.24, 2.45) is 0 Å². The zero-order chi connectivity index (χ0) is 17.2.